The highest BCUT2D eigenvalue weighted by Crippen LogP contribution is 2.26. The number of anilines is 1. The van der Waals surface area contributed by atoms with E-state index in [1.807, 2.05) is 0 Å². The summed E-state index contributed by atoms with van der Waals surface area (Å²) in [6.07, 6.45) is 2.49. The first-order valence-corrected chi connectivity index (χ1v) is 7.48. The van der Waals surface area contributed by atoms with Gasteiger partial charge in [0.1, 0.15) is 17.1 Å². The van der Waals surface area contributed by atoms with Crippen LogP contribution in [0.5, 0.6) is 5.75 Å². The number of fused-ring (bicyclic) bond motifs is 1. The molecule has 0 radical (unpaired) electrons. The lowest BCUT2D eigenvalue weighted by Gasteiger charge is -2.22. The summed E-state index contributed by atoms with van der Waals surface area (Å²) in [5.41, 5.74) is 1.39. The van der Waals surface area contributed by atoms with Gasteiger partial charge in [-0.2, -0.15) is 0 Å². The molecule has 3 rings (SSSR count). The molecule has 0 saturated heterocycles. The minimum Gasteiger partial charge on any atom is -0.496 e. The normalized spacial score (nSPS) is 13.3. The van der Waals surface area contributed by atoms with Crippen LogP contribution in [0, 0.1) is 5.82 Å². The molecule has 2 aromatic rings. The molecule has 0 fully saturated rings. The van der Waals surface area contributed by atoms with Gasteiger partial charge in [-0.3, -0.25) is 9.59 Å². The van der Waals surface area contributed by atoms with Crippen LogP contribution in [-0.4, -0.2) is 17.6 Å². The average molecular weight is 316 g/mol. The van der Waals surface area contributed by atoms with E-state index in [4.69, 9.17) is 4.74 Å². The molecule has 0 spiro atoms. The van der Waals surface area contributed by atoms with E-state index < -0.39 is 0 Å². The number of hydrogen-bond acceptors (Lipinski definition) is 3. The third-order valence-electron chi connectivity index (χ3n) is 3.98. The first-order chi connectivity index (χ1) is 11.1. The van der Waals surface area contributed by atoms with Crippen LogP contribution in [0.2, 0.25) is 0 Å². The number of pyridine rings is 1. The Balaban J connectivity index is 2.02. The zero-order valence-electron chi connectivity index (χ0n) is 12.8. The zero-order chi connectivity index (χ0) is 16.4. The number of aromatic nitrogens is 1. The van der Waals surface area contributed by atoms with Crippen LogP contribution in [0.4, 0.5) is 10.1 Å². The topological polar surface area (TPSA) is 60.3 Å². The first kappa shape index (κ1) is 15.3. The number of ether oxygens (including phenoxy) is 1. The van der Waals surface area contributed by atoms with E-state index in [1.165, 1.54) is 37.4 Å². The molecule has 2 heterocycles. The van der Waals surface area contributed by atoms with Gasteiger partial charge in [0.25, 0.3) is 11.5 Å². The fourth-order valence-electron chi connectivity index (χ4n) is 2.87. The van der Waals surface area contributed by atoms with Gasteiger partial charge in [0.15, 0.2) is 0 Å². The minimum atomic E-state index is -0.371. The molecule has 120 valence electrons. The molecule has 0 aliphatic carbocycles. The molecule has 0 saturated carbocycles. The molecule has 1 aromatic heterocycles. The Morgan fingerprint density at radius 1 is 1.26 bits per heavy atom. The van der Waals surface area contributed by atoms with Crippen LogP contribution >= 0.6 is 0 Å². The van der Waals surface area contributed by atoms with Crippen LogP contribution < -0.4 is 15.6 Å². The molecular formula is C17H17FN2O3. The van der Waals surface area contributed by atoms with E-state index in [9.17, 15) is 14.0 Å². The Kier molecular flexibility index (Phi) is 4.14. The van der Waals surface area contributed by atoms with Gasteiger partial charge in [0, 0.05) is 24.0 Å². The van der Waals surface area contributed by atoms with Crippen molar-refractivity contribution in [1.29, 1.82) is 0 Å². The van der Waals surface area contributed by atoms with Crippen molar-refractivity contribution in [2.75, 3.05) is 12.4 Å². The second-order valence-electron chi connectivity index (χ2n) is 5.44. The molecule has 1 aliphatic rings. The van der Waals surface area contributed by atoms with E-state index in [2.05, 4.69) is 5.32 Å². The number of benzene rings is 1. The highest BCUT2D eigenvalue weighted by molar-refractivity contribution is 6.07. The van der Waals surface area contributed by atoms with Crippen LogP contribution in [0.3, 0.4) is 0 Å². The maximum Gasteiger partial charge on any atom is 0.261 e. The average Bonchev–Trinajstić information content (AvgIpc) is 2.56. The van der Waals surface area contributed by atoms with Gasteiger partial charge in [-0.1, -0.05) is 0 Å². The third kappa shape index (κ3) is 2.97. The van der Waals surface area contributed by atoms with Crippen molar-refractivity contribution in [2.45, 2.75) is 25.8 Å². The van der Waals surface area contributed by atoms with Gasteiger partial charge < -0.3 is 14.6 Å². The lowest BCUT2D eigenvalue weighted by Crippen LogP contribution is -2.30. The van der Waals surface area contributed by atoms with E-state index >= 15 is 0 Å². The number of rotatable bonds is 3. The van der Waals surface area contributed by atoms with Crippen molar-refractivity contribution < 1.29 is 13.9 Å². The largest absolute Gasteiger partial charge is 0.496 e. The van der Waals surface area contributed by atoms with Gasteiger partial charge in [0.2, 0.25) is 0 Å². The summed E-state index contributed by atoms with van der Waals surface area (Å²) >= 11 is 0. The second-order valence-corrected chi connectivity index (χ2v) is 5.44. The van der Waals surface area contributed by atoms with Crippen molar-refractivity contribution in [3.63, 3.8) is 0 Å². The first-order valence-electron chi connectivity index (χ1n) is 7.48. The number of halogens is 1. The van der Waals surface area contributed by atoms with Gasteiger partial charge in [-0.05, 0) is 43.5 Å². The summed E-state index contributed by atoms with van der Waals surface area (Å²) in [6.45, 7) is 0.606. The van der Waals surface area contributed by atoms with E-state index in [1.54, 1.807) is 4.57 Å². The Morgan fingerprint density at radius 3 is 2.70 bits per heavy atom. The number of amides is 1. The van der Waals surface area contributed by atoms with E-state index in [0.717, 1.165) is 12.8 Å². The molecule has 0 unspecified atom stereocenters. The van der Waals surface area contributed by atoms with Gasteiger partial charge in [-0.25, -0.2) is 4.39 Å². The van der Waals surface area contributed by atoms with Crippen molar-refractivity contribution in [1.82, 2.24) is 4.57 Å². The lowest BCUT2D eigenvalue weighted by molar-refractivity contribution is 0.102. The summed E-state index contributed by atoms with van der Waals surface area (Å²) < 4.78 is 19.8. The molecule has 1 N–H and O–H groups in total. The van der Waals surface area contributed by atoms with Crippen LogP contribution in [-0.2, 0) is 13.0 Å². The number of carbonyl (C=O) groups excluding carboxylic acids is 1. The zero-order valence-corrected chi connectivity index (χ0v) is 12.8. The second kappa shape index (κ2) is 6.24. The van der Waals surface area contributed by atoms with Crippen LogP contribution in [0.15, 0.2) is 35.1 Å². The quantitative estimate of drug-likeness (QED) is 0.947. The monoisotopic (exact) mass is 316 g/mol. The number of methoxy groups -OCH3 is 1. The van der Waals surface area contributed by atoms with Crippen molar-refractivity contribution >= 4 is 11.6 Å². The van der Waals surface area contributed by atoms with Crippen molar-refractivity contribution in [2.24, 2.45) is 0 Å². The van der Waals surface area contributed by atoms with Gasteiger partial charge in [0.05, 0.1) is 7.11 Å². The summed E-state index contributed by atoms with van der Waals surface area (Å²) in [5.74, 6) is -0.467. The molecule has 23 heavy (non-hydrogen) atoms. The fraction of sp³-hybridized carbons (Fsp3) is 0.294. The van der Waals surface area contributed by atoms with Crippen molar-refractivity contribution in [3.8, 4) is 5.75 Å². The Labute approximate surface area is 132 Å². The van der Waals surface area contributed by atoms with E-state index in [-0.39, 0.29) is 23.0 Å². The molecule has 6 heteroatoms. The summed E-state index contributed by atoms with van der Waals surface area (Å²) in [4.78, 5) is 24.8. The van der Waals surface area contributed by atoms with Crippen LogP contribution in [0.25, 0.3) is 0 Å². The number of nitrogens with zero attached hydrogens (tertiary/aromatic N) is 1. The molecule has 0 bridgehead atoms. The Hall–Kier alpha value is -2.63. The highest BCUT2D eigenvalue weighted by Gasteiger charge is 2.24. The minimum absolute atomic E-state index is 0.158. The number of hydrogen-bond donors (Lipinski definition) is 1. The van der Waals surface area contributed by atoms with E-state index in [0.29, 0.717) is 29.9 Å². The fourth-order valence-corrected chi connectivity index (χ4v) is 2.87. The molecular weight excluding hydrogens is 299 g/mol. The number of carbonyl (C=O) groups is 1. The van der Waals surface area contributed by atoms with Crippen LogP contribution in [0.1, 0.15) is 28.9 Å². The maximum absolute atomic E-state index is 13.0. The predicted molar refractivity (Wildman–Crippen MR) is 84.5 cm³/mol. The Morgan fingerprint density at radius 2 is 2.00 bits per heavy atom. The highest BCUT2D eigenvalue weighted by atomic mass is 19.1. The van der Waals surface area contributed by atoms with Crippen molar-refractivity contribution in [3.05, 3.63) is 57.8 Å². The van der Waals surface area contributed by atoms with Gasteiger partial charge >= 0.3 is 0 Å². The number of nitrogens with one attached hydrogen (secondary N) is 1. The summed E-state index contributed by atoms with van der Waals surface area (Å²) in [6, 6.07) is 6.87. The summed E-state index contributed by atoms with van der Waals surface area (Å²) in [5, 5.41) is 2.73. The summed E-state index contributed by atoms with van der Waals surface area (Å²) in [7, 11) is 1.43. The van der Waals surface area contributed by atoms with Gasteiger partial charge in [-0.15, -0.1) is 0 Å². The molecule has 5 nitrogen and oxygen atoms in total. The molecule has 1 aliphatic heterocycles. The SMILES string of the molecule is COc1cc(=O)n2c(c1C(=O)Nc1ccc(F)cc1)CCCC2. The smallest absolute Gasteiger partial charge is 0.261 e. The molecule has 1 amide bonds. The molecule has 0 atom stereocenters. The standard InChI is InChI=1S/C17H17FN2O3/c1-23-14-10-15(21)20-9-3-2-4-13(20)16(14)17(22)19-12-7-5-11(18)6-8-12/h5-8,10H,2-4,9H2,1H3,(H,19,22). The molecule has 1 aromatic carbocycles. The third-order valence-corrected chi connectivity index (χ3v) is 3.98. The predicted octanol–water partition coefficient (Wildman–Crippen LogP) is 2.58. The lowest BCUT2D eigenvalue weighted by atomic mass is 10.0. The Bertz CT molecular complexity index is 797. The maximum atomic E-state index is 13.0.